The maximum absolute atomic E-state index is 13.4. The SMILES string of the molecule is COc1ccc(C(=O)Nc2ccc(SC(C(=O)Nc3cc(Cl)ccc3OC)c3ccccc3)cc2)cc1. The zero-order chi connectivity index (χ0) is 26.2. The number of ether oxygens (including phenoxy) is 2. The van der Waals surface area contributed by atoms with Gasteiger partial charge in [0.1, 0.15) is 16.7 Å². The Labute approximate surface area is 225 Å². The third kappa shape index (κ3) is 6.84. The van der Waals surface area contributed by atoms with Gasteiger partial charge in [0.05, 0.1) is 19.9 Å². The summed E-state index contributed by atoms with van der Waals surface area (Å²) in [5.41, 5.74) is 2.52. The van der Waals surface area contributed by atoms with E-state index in [0.717, 1.165) is 10.5 Å². The minimum atomic E-state index is -0.537. The normalized spacial score (nSPS) is 11.3. The van der Waals surface area contributed by atoms with E-state index in [4.69, 9.17) is 21.1 Å². The Morgan fingerprint density at radius 2 is 1.51 bits per heavy atom. The molecule has 8 heteroatoms. The molecule has 0 heterocycles. The van der Waals surface area contributed by atoms with E-state index < -0.39 is 5.25 Å². The van der Waals surface area contributed by atoms with E-state index >= 15 is 0 Å². The summed E-state index contributed by atoms with van der Waals surface area (Å²) in [5.74, 6) is 0.768. The number of benzene rings is 4. The van der Waals surface area contributed by atoms with Crippen LogP contribution in [0.5, 0.6) is 11.5 Å². The zero-order valence-electron chi connectivity index (χ0n) is 20.2. The number of methoxy groups -OCH3 is 2. The maximum Gasteiger partial charge on any atom is 0.255 e. The van der Waals surface area contributed by atoms with Gasteiger partial charge in [-0.25, -0.2) is 0 Å². The van der Waals surface area contributed by atoms with Crippen molar-refractivity contribution in [3.63, 3.8) is 0 Å². The second kappa shape index (κ2) is 12.3. The smallest absolute Gasteiger partial charge is 0.255 e. The van der Waals surface area contributed by atoms with E-state index in [1.807, 2.05) is 54.6 Å². The van der Waals surface area contributed by atoms with Crippen molar-refractivity contribution in [2.45, 2.75) is 10.1 Å². The first-order valence-corrected chi connectivity index (χ1v) is 12.6. The zero-order valence-corrected chi connectivity index (χ0v) is 21.8. The van der Waals surface area contributed by atoms with Gasteiger partial charge in [-0.1, -0.05) is 41.9 Å². The van der Waals surface area contributed by atoms with Gasteiger partial charge >= 0.3 is 0 Å². The minimum Gasteiger partial charge on any atom is -0.497 e. The van der Waals surface area contributed by atoms with Crippen molar-refractivity contribution in [3.05, 3.63) is 113 Å². The van der Waals surface area contributed by atoms with Crippen LogP contribution in [-0.2, 0) is 4.79 Å². The Hall–Kier alpha value is -3.94. The largest absolute Gasteiger partial charge is 0.497 e. The molecule has 0 saturated carbocycles. The van der Waals surface area contributed by atoms with Gasteiger partial charge in [0, 0.05) is 21.2 Å². The second-order valence-electron chi connectivity index (χ2n) is 7.95. The molecule has 4 aromatic carbocycles. The third-order valence-electron chi connectivity index (χ3n) is 5.48. The van der Waals surface area contributed by atoms with E-state index in [0.29, 0.717) is 33.5 Å². The van der Waals surface area contributed by atoms with Crippen LogP contribution in [0.25, 0.3) is 0 Å². The van der Waals surface area contributed by atoms with Gasteiger partial charge in [0.25, 0.3) is 5.91 Å². The Morgan fingerprint density at radius 1 is 0.811 bits per heavy atom. The standard InChI is InChI=1S/C29H25ClN2O4S/c1-35-23-13-8-20(9-14-23)28(33)31-22-11-15-24(16-12-22)37-27(19-6-4-3-5-7-19)29(34)32-25-18-21(30)10-17-26(25)36-2/h3-18,27H,1-2H3,(H,31,33)(H,32,34). The molecule has 0 aliphatic carbocycles. The molecule has 4 rings (SSSR count). The van der Waals surface area contributed by atoms with Crippen LogP contribution in [0.2, 0.25) is 5.02 Å². The molecule has 0 fully saturated rings. The van der Waals surface area contributed by atoms with Crippen LogP contribution in [0.4, 0.5) is 11.4 Å². The molecular formula is C29H25ClN2O4S. The first kappa shape index (κ1) is 26.1. The van der Waals surface area contributed by atoms with Gasteiger partial charge in [-0.3, -0.25) is 9.59 Å². The van der Waals surface area contributed by atoms with Crippen LogP contribution in [0.1, 0.15) is 21.2 Å². The summed E-state index contributed by atoms with van der Waals surface area (Å²) in [6, 6.07) is 28.8. The number of halogens is 1. The Balaban J connectivity index is 1.49. The van der Waals surface area contributed by atoms with Gasteiger partial charge in [-0.15, -0.1) is 11.8 Å². The maximum atomic E-state index is 13.4. The van der Waals surface area contributed by atoms with Crippen molar-refractivity contribution >= 4 is 46.6 Å². The van der Waals surface area contributed by atoms with Gasteiger partial charge in [-0.2, -0.15) is 0 Å². The molecule has 188 valence electrons. The van der Waals surface area contributed by atoms with Gasteiger partial charge in [0.2, 0.25) is 5.91 Å². The van der Waals surface area contributed by atoms with Crippen molar-refractivity contribution in [2.24, 2.45) is 0 Å². The molecule has 4 aromatic rings. The van der Waals surface area contributed by atoms with E-state index in [-0.39, 0.29) is 11.8 Å². The quantitative estimate of drug-likeness (QED) is 0.225. The lowest BCUT2D eigenvalue weighted by molar-refractivity contribution is -0.115. The number of anilines is 2. The fourth-order valence-electron chi connectivity index (χ4n) is 3.58. The van der Waals surface area contributed by atoms with E-state index in [1.165, 1.54) is 18.9 Å². The van der Waals surface area contributed by atoms with Crippen molar-refractivity contribution in [1.82, 2.24) is 0 Å². The molecule has 2 N–H and O–H groups in total. The van der Waals surface area contributed by atoms with Gasteiger partial charge in [0.15, 0.2) is 0 Å². The molecule has 0 aliphatic rings. The molecule has 2 amide bonds. The van der Waals surface area contributed by atoms with Crippen molar-refractivity contribution < 1.29 is 19.1 Å². The molecule has 6 nitrogen and oxygen atoms in total. The summed E-state index contributed by atoms with van der Waals surface area (Å²) in [6.45, 7) is 0. The average Bonchev–Trinajstić information content (AvgIpc) is 2.93. The fourth-order valence-corrected chi connectivity index (χ4v) is 4.77. The van der Waals surface area contributed by atoms with Crippen LogP contribution in [-0.4, -0.2) is 26.0 Å². The highest BCUT2D eigenvalue weighted by Gasteiger charge is 2.23. The number of hydrogen-bond acceptors (Lipinski definition) is 5. The molecular weight excluding hydrogens is 508 g/mol. The highest BCUT2D eigenvalue weighted by Crippen LogP contribution is 2.38. The number of rotatable bonds is 9. The summed E-state index contributed by atoms with van der Waals surface area (Å²) in [4.78, 5) is 26.9. The van der Waals surface area contributed by atoms with Crippen LogP contribution >= 0.6 is 23.4 Å². The third-order valence-corrected chi connectivity index (χ3v) is 6.98. The molecule has 0 bridgehead atoms. The van der Waals surface area contributed by atoms with Gasteiger partial charge < -0.3 is 20.1 Å². The van der Waals surface area contributed by atoms with Crippen LogP contribution in [0.15, 0.2) is 102 Å². The van der Waals surface area contributed by atoms with E-state index in [2.05, 4.69) is 10.6 Å². The lowest BCUT2D eigenvalue weighted by Gasteiger charge is -2.18. The first-order chi connectivity index (χ1) is 18.0. The molecule has 0 saturated heterocycles. The van der Waals surface area contributed by atoms with Crippen molar-refractivity contribution in [3.8, 4) is 11.5 Å². The van der Waals surface area contributed by atoms with Crippen LogP contribution < -0.4 is 20.1 Å². The molecule has 1 unspecified atom stereocenters. The fraction of sp³-hybridized carbons (Fsp3) is 0.103. The second-order valence-corrected chi connectivity index (χ2v) is 9.56. The lowest BCUT2D eigenvalue weighted by Crippen LogP contribution is -2.19. The summed E-state index contributed by atoms with van der Waals surface area (Å²) in [7, 11) is 3.12. The van der Waals surface area contributed by atoms with Crippen molar-refractivity contribution in [1.29, 1.82) is 0 Å². The van der Waals surface area contributed by atoms with Crippen molar-refractivity contribution in [2.75, 3.05) is 24.9 Å². The number of carbonyl (C=O) groups excluding carboxylic acids is 2. The highest BCUT2D eigenvalue weighted by molar-refractivity contribution is 8.00. The number of hydrogen-bond donors (Lipinski definition) is 2. The summed E-state index contributed by atoms with van der Waals surface area (Å²) in [5, 5.41) is 5.79. The Bertz CT molecular complexity index is 1360. The summed E-state index contributed by atoms with van der Waals surface area (Å²) < 4.78 is 10.5. The topological polar surface area (TPSA) is 76.7 Å². The van der Waals surface area contributed by atoms with E-state index in [1.54, 1.807) is 49.6 Å². The minimum absolute atomic E-state index is 0.214. The first-order valence-electron chi connectivity index (χ1n) is 11.4. The monoisotopic (exact) mass is 532 g/mol. The number of nitrogens with one attached hydrogen (secondary N) is 2. The molecule has 0 spiro atoms. The molecule has 1 atom stereocenters. The van der Waals surface area contributed by atoms with Crippen LogP contribution in [0.3, 0.4) is 0 Å². The predicted molar refractivity (Wildman–Crippen MR) is 149 cm³/mol. The lowest BCUT2D eigenvalue weighted by atomic mass is 10.1. The van der Waals surface area contributed by atoms with E-state index in [9.17, 15) is 9.59 Å². The van der Waals surface area contributed by atoms with Gasteiger partial charge in [-0.05, 0) is 72.3 Å². The summed E-state index contributed by atoms with van der Waals surface area (Å²) in [6.07, 6.45) is 0. The summed E-state index contributed by atoms with van der Waals surface area (Å²) >= 11 is 7.54. The molecule has 0 aromatic heterocycles. The molecule has 0 aliphatic heterocycles. The molecule has 37 heavy (non-hydrogen) atoms. The number of carbonyl (C=O) groups is 2. The predicted octanol–water partition coefficient (Wildman–Crippen LogP) is 7.08. The number of amides is 2. The highest BCUT2D eigenvalue weighted by atomic mass is 35.5. The number of thioether (sulfide) groups is 1. The Morgan fingerprint density at radius 3 is 2.16 bits per heavy atom. The van der Waals surface area contributed by atoms with Crippen LogP contribution in [0, 0.1) is 0 Å². The Kier molecular flexibility index (Phi) is 8.72. The average molecular weight is 533 g/mol. The molecule has 0 radical (unpaired) electrons.